The van der Waals surface area contributed by atoms with Crippen molar-refractivity contribution >= 4 is 33.7 Å². The van der Waals surface area contributed by atoms with Gasteiger partial charge in [0.1, 0.15) is 17.1 Å². The fourth-order valence-corrected chi connectivity index (χ4v) is 4.10. The third-order valence-corrected chi connectivity index (χ3v) is 5.37. The van der Waals surface area contributed by atoms with Crippen molar-refractivity contribution in [2.45, 2.75) is 77.6 Å². The molecule has 0 radical (unpaired) electrons. The van der Waals surface area contributed by atoms with Crippen LogP contribution in [0.1, 0.15) is 66.4 Å². The van der Waals surface area contributed by atoms with E-state index < -0.39 is 52.3 Å². The Morgan fingerprint density at radius 1 is 1.00 bits per heavy atom. The Morgan fingerprint density at radius 2 is 1.47 bits per heavy atom. The maximum atomic E-state index is 13.2. The van der Waals surface area contributed by atoms with Crippen LogP contribution in [-0.2, 0) is 23.9 Å². The minimum atomic E-state index is -1.67. The standard InChI is InChI=1S/C23H31BrO6/c1-21(2,3)29-19(26)17-15(25)12-23(7,28)18(20(27)30-22(4,5)6)16(17)13-8-10-14(24)11-9-13/h8-11,16-18,28H,12H2,1-7H3/t16-,17+,18-,23-/m1/s1. The van der Waals surface area contributed by atoms with Gasteiger partial charge in [-0.05, 0) is 66.2 Å². The van der Waals surface area contributed by atoms with E-state index >= 15 is 0 Å². The predicted octanol–water partition coefficient (Wildman–Crippen LogP) is 4.17. The highest BCUT2D eigenvalue weighted by molar-refractivity contribution is 9.10. The smallest absolute Gasteiger partial charge is 0.317 e. The quantitative estimate of drug-likeness (QED) is 0.513. The van der Waals surface area contributed by atoms with E-state index in [1.165, 1.54) is 6.92 Å². The van der Waals surface area contributed by atoms with Crippen molar-refractivity contribution in [2.24, 2.45) is 11.8 Å². The topological polar surface area (TPSA) is 89.9 Å². The first kappa shape index (κ1) is 24.5. The van der Waals surface area contributed by atoms with Crippen LogP contribution in [0.15, 0.2) is 28.7 Å². The van der Waals surface area contributed by atoms with Crippen LogP contribution < -0.4 is 0 Å². The number of ketones is 1. The van der Waals surface area contributed by atoms with E-state index in [0.29, 0.717) is 5.56 Å². The first-order valence-electron chi connectivity index (χ1n) is 9.98. The van der Waals surface area contributed by atoms with Crippen molar-refractivity contribution in [1.29, 1.82) is 0 Å². The van der Waals surface area contributed by atoms with Crippen LogP contribution in [0.4, 0.5) is 0 Å². The molecule has 166 valence electrons. The monoisotopic (exact) mass is 482 g/mol. The van der Waals surface area contributed by atoms with Gasteiger partial charge in [0.2, 0.25) is 0 Å². The van der Waals surface area contributed by atoms with Gasteiger partial charge in [0, 0.05) is 16.8 Å². The maximum absolute atomic E-state index is 13.2. The van der Waals surface area contributed by atoms with Crippen molar-refractivity contribution in [3.8, 4) is 0 Å². The van der Waals surface area contributed by atoms with E-state index in [0.717, 1.165) is 4.47 Å². The highest BCUT2D eigenvalue weighted by Crippen LogP contribution is 2.47. The summed E-state index contributed by atoms with van der Waals surface area (Å²) in [6.45, 7) is 11.8. The molecule has 1 aromatic carbocycles. The molecule has 0 bridgehead atoms. The average Bonchev–Trinajstić information content (AvgIpc) is 2.50. The molecular formula is C23H31BrO6. The van der Waals surface area contributed by atoms with Crippen molar-refractivity contribution in [2.75, 3.05) is 0 Å². The zero-order chi connectivity index (χ0) is 23.1. The van der Waals surface area contributed by atoms with Crippen LogP contribution in [0.5, 0.6) is 0 Å². The number of esters is 2. The Morgan fingerprint density at radius 3 is 1.93 bits per heavy atom. The zero-order valence-electron chi connectivity index (χ0n) is 18.6. The predicted molar refractivity (Wildman–Crippen MR) is 116 cm³/mol. The van der Waals surface area contributed by atoms with E-state index in [9.17, 15) is 19.5 Å². The van der Waals surface area contributed by atoms with Gasteiger partial charge >= 0.3 is 11.9 Å². The number of hydrogen-bond donors (Lipinski definition) is 1. The lowest BCUT2D eigenvalue weighted by Crippen LogP contribution is -2.56. The second-order valence-electron chi connectivity index (χ2n) is 10.1. The summed E-state index contributed by atoms with van der Waals surface area (Å²) in [5.74, 6) is -5.07. The van der Waals surface area contributed by atoms with Gasteiger partial charge in [0.05, 0.1) is 11.5 Å². The summed E-state index contributed by atoms with van der Waals surface area (Å²) in [5.41, 5.74) is -2.68. The molecule has 0 heterocycles. The summed E-state index contributed by atoms with van der Waals surface area (Å²) < 4.78 is 11.9. The molecule has 4 atom stereocenters. The molecule has 0 spiro atoms. The molecule has 0 saturated heterocycles. The summed E-state index contributed by atoms with van der Waals surface area (Å²) >= 11 is 3.37. The number of halogens is 1. The Kier molecular flexibility index (Phi) is 6.89. The lowest BCUT2D eigenvalue weighted by molar-refractivity contribution is -0.182. The summed E-state index contributed by atoms with van der Waals surface area (Å²) in [6, 6.07) is 7.00. The maximum Gasteiger partial charge on any atom is 0.317 e. The van der Waals surface area contributed by atoms with E-state index in [1.54, 1.807) is 65.8 Å². The van der Waals surface area contributed by atoms with Crippen LogP contribution in [0.3, 0.4) is 0 Å². The van der Waals surface area contributed by atoms with Crippen LogP contribution in [0.25, 0.3) is 0 Å². The van der Waals surface area contributed by atoms with Gasteiger partial charge in [-0.15, -0.1) is 0 Å². The molecule has 0 aromatic heterocycles. The van der Waals surface area contributed by atoms with Crippen molar-refractivity contribution in [1.82, 2.24) is 0 Å². The Labute approximate surface area is 186 Å². The number of rotatable bonds is 3. The van der Waals surface area contributed by atoms with Crippen LogP contribution in [0, 0.1) is 11.8 Å². The highest BCUT2D eigenvalue weighted by Gasteiger charge is 2.57. The van der Waals surface area contributed by atoms with Gasteiger partial charge in [-0.3, -0.25) is 14.4 Å². The first-order chi connectivity index (χ1) is 13.5. The number of aliphatic hydroxyl groups is 1. The molecule has 1 N–H and O–H groups in total. The number of carbonyl (C=O) groups excluding carboxylic acids is 3. The first-order valence-corrected chi connectivity index (χ1v) is 10.8. The van der Waals surface area contributed by atoms with Gasteiger partial charge in [0.25, 0.3) is 0 Å². The third-order valence-electron chi connectivity index (χ3n) is 4.84. The molecule has 7 heteroatoms. The summed E-state index contributed by atoms with van der Waals surface area (Å²) in [4.78, 5) is 39.3. The van der Waals surface area contributed by atoms with Crippen LogP contribution in [0.2, 0.25) is 0 Å². The molecule has 1 fully saturated rings. The molecule has 1 aliphatic carbocycles. The molecule has 0 aliphatic heterocycles. The summed E-state index contributed by atoms with van der Waals surface area (Å²) in [7, 11) is 0. The number of benzene rings is 1. The van der Waals surface area contributed by atoms with Crippen molar-refractivity contribution in [3.05, 3.63) is 34.3 Å². The Bertz CT molecular complexity index is 814. The van der Waals surface area contributed by atoms with Gasteiger partial charge < -0.3 is 14.6 Å². The lowest BCUT2D eigenvalue weighted by atomic mass is 9.61. The highest BCUT2D eigenvalue weighted by atomic mass is 79.9. The molecule has 0 unspecified atom stereocenters. The van der Waals surface area contributed by atoms with Gasteiger partial charge in [0.15, 0.2) is 5.78 Å². The fraction of sp³-hybridized carbons (Fsp3) is 0.609. The van der Waals surface area contributed by atoms with Gasteiger partial charge in [-0.1, -0.05) is 28.1 Å². The molecular weight excluding hydrogens is 452 g/mol. The second kappa shape index (κ2) is 8.42. The van der Waals surface area contributed by atoms with Crippen LogP contribution >= 0.6 is 15.9 Å². The van der Waals surface area contributed by atoms with Crippen LogP contribution in [-0.4, -0.2) is 39.6 Å². The largest absolute Gasteiger partial charge is 0.460 e. The summed E-state index contributed by atoms with van der Waals surface area (Å²) in [5, 5.41) is 11.1. The van der Waals surface area contributed by atoms with E-state index in [2.05, 4.69) is 15.9 Å². The van der Waals surface area contributed by atoms with E-state index in [-0.39, 0.29) is 6.42 Å². The molecule has 1 aliphatic rings. The molecule has 30 heavy (non-hydrogen) atoms. The average molecular weight is 483 g/mol. The lowest BCUT2D eigenvalue weighted by Gasteiger charge is -2.44. The van der Waals surface area contributed by atoms with Crippen molar-refractivity contribution < 1.29 is 29.0 Å². The van der Waals surface area contributed by atoms with Crippen molar-refractivity contribution in [3.63, 3.8) is 0 Å². The number of carbonyl (C=O) groups is 3. The normalized spacial score (nSPS) is 27.5. The molecule has 2 rings (SSSR count). The SMILES string of the molecule is CC(C)(C)OC(=O)[C@H]1C(=O)C[C@@](C)(O)[C@@H](C(=O)OC(C)(C)C)[C@@H]1c1ccc(Br)cc1. The minimum Gasteiger partial charge on any atom is -0.460 e. The Balaban J connectivity index is 2.62. The molecule has 1 aromatic rings. The van der Waals surface area contributed by atoms with E-state index in [1.807, 2.05) is 0 Å². The zero-order valence-corrected chi connectivity index (χ0v) is 20.2. The van der Waals surface area contributed by atoms with Gasteiger partial charge in [-0.25, -0.2) is 0 Å². The molecule has 0 amide bonds. The molecule has 6 nitrogen and oxygen atoms in total. The van der Waals surface area contributed by atoms with E-state index in [4.69, 9.17) is 9.47 Å². The third kappa shape index (κ3) is 5.91. The molecule has 1 saturated carbocycles. The Hall–Kier alpha value is -1.73. The number of hydrogen-bond acceptors (Lipinski definition) is 6. The number of Topliss-reactive ketones (excluding diaryl/α,β-unsaturated/α-hetero) is 1. The second-order valence-corrected chi connectivity index (χ2v) is 11.0. The fourth-order valence-electron chi connectivity index (χ4n) is 3.83. The summed E-state index contributed by atoms with van der Waals surface area (Å²) in [6.07, 6.45) is -0.339. The minimum absolute atomic E-state index is 0.339. The van der Waals surface area contributed by atoms with Gasteiger partial charge in [-0.2, -0.15) is 0 Å². The number of ether oxygens (including phenoxy) is 2.